The number of nitrogens with one attached hydrogen (secondary N) is 1. The van der Waals surface area contributed by atoms with E-state index in [1.807, 2.05) is 32.0 Å². The smallest absolute Gasteiger partial charge is 0.263 e. The number of thiophene rings is 1. The number of aryl methyl sites for hydroxylation is 2. The van der Waals surface area contributed by atoms with E-state index in [9.17, 15) is 9.59 Å². The Balaban J connectivity index is 2.02. The molecule has 0 aliphatic carbocycles. The van der Waals surface area contributed by atoms with Gasteiger partial charge >= 0.3 is 0 Å². The van der Waals surface area contributed by atoms with Gasteiger partial charge in [-0.15, -0.1) is 11.3 Å². The van der Waals surface area contributed by atoms with Crippen LogP contribution in [-0.2, 0) is 13.0 Å². The molecule has 1 N–H and O–H groups in total. The van der Waals surface area contributed by atoms with Gasteiger partial charge in [-0.2, -0.15) is 0 Å². The van der Waals surface area contributed by atoms with Crippen LogP contribution in [0.1, 0.15) is 27.7 Å². The molecule has 0 spiro atoms. The fourth-order valence-electron chi connectivity index (χ4n) is 2.39. The van der Waals surface area contributed by atoms with E-state index >= 15 is 0 Å². The van der Waals surface area contributed by atoms with Crippen molar-refractivity contribution in [2.45, 2.75) is 26.8 Å². The van der Waals surface area contributed by atoms with Crippen LogP contribution in [-0.4, -0.2) is 15.3 Å². The molecule has 3 aromatic rings. The highest BCUT2D eigenvalue weighted by molar-refractivity contribution is 7.71. The second-order valence-corrected chi connectivity index (χ2v) is 6.94. The molecule has 0 atom stereocenters. The average molecular weight is 344 g/mol. The van der Waals surface area contributed by atoms with Crippen LogP contribution in [0, 0.1) is 11.7 Å². The van der Waals surface area contributed by atoms with E-state index in [2.05, 4.69) is 4.98 Å². The van der Waals surface area contributed by atoms with E-state index in [0.29, 0.717) is 10.9 Å². The van der Waals surface area contributed by atoms with Crippen molar-refractivity contribution in [3.05, 3.63) is 61.5 Å². The summed E-state index contributed by atoms with van der Waals surface area (Å²) in [4.78, 5) is 30.0. The third-order valence-electron chi connectivity index (χ3n) is 3.75. The molecule has 0 bridgehead atoms. The first kappa shape index (κ1) is 15.8. The van der Waals surface area contributed by atoms with E-state index in [1.165, 1.54) is 15.9 Å². The van der Waals surface area contributed by atoms with Crippen LogP contribution >= 0.6 is 23.6 Å². The Morgan fingerprint density at radius 3 is 2.65 bits per heavy atom. The number of benzene rings is 1. The molecular formula is C17H16N2O2S2. The summed E-state index contributed by atoms with van der Waals surface area (Å²) < 4.78 is 1.62. The van der Waals surface area contributed by atoms with E-state index in [0.717, 1.165) is 21.7 Å². The third-order valence-corrected chi connectivity index (χ3v) is 5.27. The largest absolute Gasteiger partial charge is 0.323 e. The van der Waals surface area contributed by atoms with Crippen molar-refractivity contribution in [3.8, 4) is 0 Å². The minimum atomic E-state index is -0.208. The monoisotopic (exact) mass is 344 g/mol. The van der Waals surface area contributed by atoms with Gasteiger partial charge in [0.25, 0.3) is 5.56 Å². The van der Waals surface area contributed by atoms with Gasteiger partial charge in [0.05, 0.1) is 11.9 Å². The summed E-state index contributed by atoms with van der Waals surface area (Å²) in [5, 5.41) is 0.595. The van der Waals surface area contributed by atoms with Gasteiger partial charge in [-0.3, -0.25) is 14.2 Å². The van der Waals surface area contributed by atoms with Gasteiger partial charge in [-0.1, -0.05) is 36.8 Å². The first-order chi connectivity index (χ1) is 11.0. The molecule has 0 radical (unpaired) electrons. The highest BCUT2D eigenvalue weighted by Gasteiger charge is 2.13. The molecule has 4 nitrogen and oxygen atoms in total. The quantitative estimate of drug-likeness (QED) is 0.577. The molecule has 3 rings (SSSR count). The summed E-state index contributed by atoms with van der Waals surface area (Å²) in [6.45, 7) is 3.95. The Morgan fingerprint density at radius 2 is 2.00 bits per heavy atom. The minimum absolute atomic E-state index is 0.0511. The Bertz CT molecular complexity index is 994. The predicted octanol–water partition coefficient (Wildman–Crippen LogP) is 3.87. The highest BCUT2D eigenvalue weighted by atomic mass is 32.1. The van der Waals surface area contributed by atoms with E-state index < -0.39 is 0 Å². The molecule has 1 aromatic carbocycles. The van der Waals surface area contributed by atoms with Crippen LogP contribution in [0.4, 0.5) is 0 Å². The molecule has 6 heteroatoms. The molecule has 23 heavy (non-hydrogen) atoms. The molecular weight excluding hydrogens is 328 g/mol. The molecule has 0 unspecified atom stereocenters. The van der Waals surface area contributed by atoms with Crippen molar-refractivity contribution in [2.75, 3.05) is 0 Å². The van der Waals surface area contributed by atoms with Gasteiger partial charge in [-0.25, -0.2) is 0 Å². The number of aromatic amines is 1. The summed E-state index contributed by atoms with van der Waals surface area (Å²) >= 11 is 6.79. The maximum atomic E-state index is 12.6. The summed E-state index contributed by atoms with van der Waals surface area (Å²) in [5.74, 6) is -0.128. The summed E-state index contributed by atoms with van der Waals surface area (Å²) in [6, 6.07) is 9.18. The van der Waals surface area contributed by atoms with Crippen LogP contribution in [0.25, 0.3) is 10.2 Å². The topological polar surface area (TPSA) is 54.9 Å². The van der Waals surface area contributed by atoms with Crippen molar-refractivity contribution in [2.24, 2.45) is 0 Å². The number of nitrogens with zero attached hydrogens (tertiary/aromatic N) is 1. The maximum Gasteiger partial charge on any atom is 0.263 e. The van der Waals surface area contributed by atoms with Crippen LogP contribution in [0.3, 0.4) is 0 Å². The molecule has 0 amide bonds. The Kier molecular flexibility index (Phi) is 4.28. The third kappa shape index (κ3) is 3.04. The molecule has 0 saturated carbocycles. The number of carbonyl (C=O) groups is 1. The number of ketones is 1. The second-order valence-electron chi connectivity index (χ2n) is 5.42. The fraction of sp³-hybridized carbons (Fsp3) is 0.235. The molecule has 0 aliphatic heterocycles. The van der Waals surface area contributed by atoms with Crippen molar-refractivity contribution < 1.29 is 4.79 Å². The SMILES string of the molecule is CCc1cc2c(=O)n(CC(=O)c3ccc(C)cc3)c(=S)[nH]c2s1. The number of Topliss-reactive ketones (excluding diaryl/α,β-unsaturated/α-hetero) is 1. The van der Waals surface area contributed by atoms with Gasteiger partial charge in [-0.05, 0) is 31.6 Å². The molecule has 0 aliphatic rings. The van der Waals surface area contributed by atoms with E-state index in [-0.39, 0.29) is 22.7 Å². The van der Waals surface area contributed by atoms with Gasteiger partial charge in [0.2, 0.25) is 0 Å². The number of hydrogen-bond acceptors (Lipinski definition) is 4. The number of rotatable bonds is 4. The average Bonchev–Trinajstić information content (AvgIpc) is 2.95. The number of carbonyl (C=O) groups excluding carboxylic acids is 1. The van der Waals surface area contributed by atoms with Crippen LogP contribution in [0.5, 0.6) is 0 Å². The zero-order chi connectivity index (χ0) is 16.6. The van der Waals surface area contributed by atoms with Gasteiger partial charge in [0, 0.05) is 10.4 Å². The number of aromatic nitrogens is 2. The number of H-pyrrole nitrogens is 1. The standard InChI is InChI=1S/C17H16N2O2S2/c1-3-12-8-13-15(23-12)18-17(22)19(16(13)21)9-14(20)11-6-4-10(2)5-7-11/h4-8H,3,9H2,1-2H3,(H,18,22). The zero-order valence-corrected chi connectivity index (χ0v) is 14.5. The summed E-state index contributed by atoms with van der Waals surface area (Å²) in [5.41, 5.74) is 1.46. The number of hydrogen-bond donors (Lipinski definition) is 1. The maximum absolute atomic E-state index is 12.6. The minimum Gasteiger partial charge on any atom is -0.323 e. The lowest BCUT2D eigenvalue weighted by Crippen LogP contribution is -2.25. The molecule has 2 heterocycles. The summed E-state index contributed by atoms with van der Waals surface area (Å²) in [6.07, 6.45) is 0.863. The molecule has 0 saturated heterocycles. The van der Waals surface area contributed by atoms with Gasteiger partial charge in [0.15, 0.2) is 10.6 Å². The second kappa shape index (κ2) is 6.22. The lowest BCUT2D eigenvalue weighted by Gasteiger charge is -2.06. The van der Waals surface area contributed by atoms with Crippen LogP contribution < -0.4 is 5.56 Å². The molecule has 2 aromatic heterocycles. The normalized spacial score (nSPS) is 11.0. The van der Waals surface area contributed by atoms with Crippen LogP contribution in [0.15, 0.2) is 35.1 Å². The highest BCUT2D eigenvalue weighted by Crippen LogP contribution is 2.21. The first-order valence-electron chi connectivity index (χ1n) is 7.35. The van der Waals surface area contributed by atoms with Crippen molar-refractivity contribution >= 4 is 39.6 Å². The van der Waals surface area contributed by atoms with Gasteiger partial charge in [0.1, 0.15) is 4.83 Å². The Labute approximate surface area is 142 Å². The zero-order valence-electron chi connectivity index (χ0n) is 12.9. The fourth-order valence-corrected chi connectivity index (χ4v) is 3.69. The lowest BCUT2D eigenvalue weighted by atomic mass is 10.1. The van der Waals surface area contributed by atoms with Crippen LogP contribution in [0.2, 0.25) is 0 Å². The predicted molar refractivity (Wildman–Crippen MR) is 96.2 cm³/mol. The Hall–Kier alpha value is -2.05. The molecule has 0 fully saturated rings. The van der Waals surface area contributed by atoms with Gasteiger partial charge < -0.3 is 4.98 Å². The van der Waals surface area contributed by atoms with Crippen molar-refractivity contribution in [1.29, 1.82) is 0 Å². The van der Waals surface area contributed by atoms with Crippen molar-refractivity contribution in [1.82, 2.24) is 9.55 Å². The van der Waals surface area contributed by atoms with E-state index in [1.54, 1.807) is 12.1 Å². The van der Waals surface area contributed by atoms with Crippen molar-refractivity contribution in [3.63, 3.8) is 0 Å². The molecule has 118 valence electrons. The lowest BCUT2D eigenvalue weighted by molar-refractivity contribution is 0.0970. The summed E-state index contributed by atoms with van der Waals surface area (Å²) in [7, 11) is 0. The first-order valence-corrected chi connectivity index (χ1v) is 8.57. The Morgan fingerprint density at radius 1 is 1.30 bits per heavy atom. The number of fused-ring (bicyclic) bond motifs is 1. The van der Waals surface area contributed by atoms with E-state index in [4.69, 9.17) is 12.2 Å².